The Labute approximate surface area is 94.6 Å². The Morgan fingerprint density at radius 3 is 2.67 bits per heavy atom. The highest BCUT2D eigenvalue weighted by atomic mass is 32.2. The number of guanidine groups is 2. The number of thioether (sulfide) groups is 1. The summed E-state index contributed by atoms with van der Waals surface area (Å²) in [5.74, 6) is 1.32. The van der Waals surface area contributed by atoms with Crippen LogP contribution in [0.4, 0.5) is 0 Å². The predicted molar refractivity (Wildman–Crippen MR) is 67.0 cm³/mol. The van der Waals surface area contributed by atoms with Crippen molar-refractivity contribution in [2.45, 2.75) is 37.5 Å². The molecule has 0 heterocycles. The number of hydrogen-bond acceptors (Lipinski definition) is 2. The molecule has 2 atom stereocenters. The molecule has 0 saturated heterocycles. The molecule has 1 aliphatic carbocycles. The summed E-state index contributed by atoms with van der Waals surface area (Å²) in [7, 11) is 0. The van der Waals surface area contributed by atoms with Gasteiger partial charge in [-0.05, 0) is 25.0 Å². The topological polar surface area (TPSA) is 103 Å². The van der Waals surface area contributed by atoms with E-state index in [1.54, 1.807) is 0 Å². The molecule has 15 heavy (non-hydrogen) atoms. The summed E-state index contributed by atoms with van der Waals surface area (Å²) in [6, 6.07) is 0.289. The number of rotatable bonds is 3. The monoisotopic (exact) mass is 229 g/mol. The molecule has 5 nitrogen and oxygen atoms in total. The van der Waals surface area contributed by atoms with Gasteiger partial charge >= 0.3 is 0 Å². The van der Waals surface area contributed by atoms with E-state index in [0.29, 0.717) is 0 Å². The molecule has 0 bridgehead atoms. The van der Waals surface area contributed by atoms with Crippen molar-refractivity contribution in [1.29, 1.82) is 0 Å². The molecule has 0 aromatic carbocycles. The average molecular weight is 229 g/mol. The van der Waals surface area contributed by atoms with E-state index in [4.69, 9.17) is 17.2 Å². The first-order chi connectivity index (χ1) is 7.11. The van der Waals surface area contributed by atoms with Crippen LogP contribution in [0.3, 0.4) is 0 Å². The maximum absolute atomic E-state index is 5.57. The van der Waals surface area contributed by atoms with Crippen LogP contribution in [0.1, 0.15) is 26.2 Å². The molecule has 6 N–H and O–H groups in total. The second-order valence-corrected chi connectivity index (χ2v) is 5.15. The number of nitrogens with two attached hydrogens (primary N) is 3. The van der Waals surface area contributed by atoms with E-state index >= 15 is 0 Å². The second-order valence-electron chi connectivity index (χ2n) is 3.57. The van der Waals surface area contributed by atoms with Crippen LogP contribution in [-0.4, -0.2) is 29.0 Å². The second kappa shape index (κ2) is 5.85. The molecular weight excluding hydrogens is 210 g/mol. The third-order valence-corrected chi connectivity index (χ3v) is 3.55. The van der Waals surface area contributed by atoms with E-state index in [0.717, 1.165) is 23.8 Å². The summed E-state index contributed by atoms with van der Waals surface area (Å²) in [6.45, 7) is 2.18. The van der Waals surface area contributed by atoms with Crippen molar-refractivity contribution in [3.05, 3.63) is 0 Å². The van der Waals surface area contributed by atoms with Crippen LogP contribution in [0.2, 0.25) is 0 Å². The fourth-order valence-corrected chi connectivity index (χ4v) is 2.90. The van der Waals surface area contributed by atoms with E-state index in [1.165, 1.54) is 6.42 Å². The van der Waals surface area contributed by atoms with Crippen molar-refractivity contribution >= 4 is 23.7 Å². The lowest BCUT2D eigenvalue weighted by atomic mass is 10.3. The van der Waals surface area contributed by atoms with Gasteiger partial charge in [0.15, 0.2) is 5.96 Å². The Morgan fingerprint density at radius 2 is 2.07 bits per heavy atom. The highest BCUT2D eigenvalue weighted by molar-refractivity contribution is 7.99. The smallest absolute Gasteiger partial charge is 0.218 e. The molecule has 2 unspecified atom stereocenters. The zero-order valence-electron chi connectivity index (χ0n) is 9.02. The van der Waals surface area contributed by atoms with E-state index in [-0.39, 0.29) is 18.0 Å². The summed E-state index contributed by atoms with van der Waals surface area (Å²) in [6.07, 6.45) is 3.37. The maximum atomic E-state index is 5.57. The van der Waals surface area contributed by atoms with Crippen LogP contribution >= 0.6 is 11.8 Å². The zero-order chi connectivity index (χ0) is 11.3. The molecule has 0 aliphatic heterocycles. The molecule has 6 heteroatoms. The number of aliphatic imine (C=N–C) groups is 2. The Kier molecular flexibility index (Phi) is 4.74. The molecule has 0 aromatic heterocycles. The summed E-state index contributed by atoms with van der Waals surface area (Å²) in [5.41, 5.74) is 16.0. The molecule has 0 radical (unpaired) electrons. The van der Waals surface area contributed by atoms with Crippen molar-refractivity contribution in [1.82, 2.24) is 0 Å². The summed E-state index contributed by atoms with van der Waals surface area (Å²) in [4.78, 5) is 7.99. The van der Waals surface area contributed by atoms with E-state index in [2.05, 4.69) is 16.9 Å². The fraction of sp³-hybridized carbons (Fsp3) is 0.778. The van der Waals surface area contributed by atoms with Gasteiger partial charge in [-0.2, -0.15) is 16.8 Å². The van der Waals surface area contributed by atoms with Gasteiger partial charge in [0.05, 0.1) is 6.04 Å². The summed E-state index contributed by atoms with van der Waals surface area (Å²) < 4.78 is 0. The minimum absolute atomic E-state index is 0.0336. The Bertz CT molecular complexity index is 259. The third kappa shape index (κ3) is 4.42. The van der Waals surface area contributed by atoms with Crippen molar-refractivity contribution in [2.75, 3.05) is 5.75 Å². The van der Waals surface area contributed by atoms with Crippen LogP contribution in [0.25, 0.3) is 0 Å². The van der Waals surface area contributed by atoms with Crippen LogP contribution < -0.4 is 17.2 Å². The highest BCUT2D eigenvalue weighted by Gasteiger charge is 2.24. The zero-order valence-corrected chi connectivity index (χ0v) is 9.83. The molecule has 0 amide bonds. The SMILES string of the molecule is CCSC1CCC(N=C(N)N=C(N)N)C1. The van der Waals surface area contributed by atoms with Gasteiger partial charge < -0.3 is 17.2 Å². The van der Waals surface area contributed by atoms with Crippen molar-refractivity contribution < 1.29 is 0 Å². The molecule has 1 rings (SSSR count). The average Bonchev–Trinajstić information content (AvgIpc) is 2.51. The largest absolute Gasteiger partial charge is 0.370 e. The third-order valence-electron chi connectivity index (χ3n) is 2.32. The molecule has 1 saturated carbocycles. The van der Waals surface area contributed by atoms with Gasteiger partial charge in [0, 0.05) is 5.25 Å². The standard InChI is InChI=1S/C9H19N5S/c1-2-15-7-4-3-6(5-7)13-9(12)14-8(10)11/h6-7H,2-5H2,1H3,(H6,10,11,12,13,14). The van der Waals surface area contributed by atoms with E-state index in [9.17, 15) is 0 Å². The van der Waals surface area contributed by atoms with Gasteiger partial charge in [-0.3, -0.25) is 0 Å². The first-order valence-corrected chi connectivity index (χ1v) is 6.21. The van der Waals surface area contributed by atoms with Gasteiger partial charge in [-0.1, -0.05) is 6.92 Å². The Hall–Kier alpha value is -0.910. The van der Waals surface area contributed by atoms with E-state index in [1.807, 2.05) is 11.8 Å². The lowest BCUT2D eigenvalue weighted by Gasteiger charge is -2.06. The minimum Gasteiger partial charge on any atom is -0.370 e. The first kappa shape index (κ1) is 12.2. The van der Waals surface area contributed by atoms with Crippen LogP contribution in [0, 0.1) is 0 Å². The maximum Gasteiger partial charge on any atom is 0.218 e. The molecule has 86 valence electrons. The van der Waals surface area contributed by atoms with Crippen molar-refractivity contribution in [3.8, 4) is 0 Å². The molecular formula is C9H19N5S. The molecule has 1 aliphatic rings. The lowest BCUT2D eigenvalue weighted by molar-refractivity contribution is 0.706. The lowest BCUT2D eigenvalue weighted by Crippen LogP contribution is -2.27. The number of hydrogen-bond donors (Lipinski definition) is 3. The van der Waals surface area contributed by atoms with E-state index < -0.39 is 0 Å². The van der Waals surface area contributed by atoms with Crippen LogP contribution in [0.5, 0.6) is 0 Å². The molecule has 0 aromatic rings. The Balaban J connectivity index is 2.44. The van der Waals surface area contributed by atoms with Gasteiger partial charge in [0.1, 0.15) is 0 Å². The van der Waals surface area contributed by atoms with Gasteiger partial charge in [0.25, 0.3) is 0 Å². The van der Waals surface area contributed by atoms with Gasteiger partial charge in [-0.15, -0.1) is 0 Å². The summed E-state index contributed by atoms with van der Waals surface area (Å²) in [5, 5.41) is 0.718. The number of nitrogens with zero attached hydrogens (tertiary/aromatic N) is 2. The van der Waals surface area contributed by atoms with Crippen LogP contribution in [-0.2, 0) is 0 Å². The predicted octanol–water partition coefficient (Wildman–Crippen LogP) is 0.249. The minimum atomic E-state index is -0.0336. The van der Waals surface area contributed by atoms with Gasteiger partial charge in [-0.25, -0.2) is 4.99 Å². The Morgan fingerprint density at radius 1 is 1.33 bits per heavy atom. The van der Waals surface area contributed by atoms with Gasteiger partial charge in [0.2, 0.25) is 5.96 Å². The molecule has 1 fully saturated rings. The first-order valence-electron chi connectivity index (χ1n) is 5.16. The highest BCUT2D eigenvalue weighted by Crippen LogP contribution is 2.31. The quantitative estimate of drug-likeness (QED) is 0.476. The summed E-state index contributed by atoms with van der Waals surface area (Å²) >= 11 is 1.99. The van der Waals surface area contributed by atoms with Crippen molar-refractivity contribution in [3.63, 3.8) is 0 Å². The molecule has 0 spiro atoms. The van der Waals surface area contributed by atoms with Crippen LogP contribution in [0.15, 0.2) is 9.98 Å². The fourth-order valence-electron chi connectivity index (χ4n) is 1.77. The van der Waals surface area contributed by atoms with Crippen molar-refractivity contribution in [2.24, 2.45) is 27.2 Å². The normalized spacial score (nSPS) is 26.6.